The number of nitrogens with zero attached hydrogens (tertiary/aromatic N) is 3. The fourth-order valence-corrected chi connectivity index (χ4v) is 3.73. The van der Waals surface area contributed by atoms with Gasteiger partial charge in [-0.3, -0.25) is 4.79 Å². The number of carbonyl (C=O) groups excluding carboxylic acids is 1. The van der Waals surface area contributed by atoms with E-state index < -0.39 is 0 Å². The van der Waals surface area contributed by atoms with Crippen LogP contribution in [0.2, 0.25) is 0 Å². The van der Waals surface area contributed by atoms with Crippen molar-refractivity contribution in [2.24, 2.45) is 0 Å². The van der Waals surface area contributed by atoms with Gasteiger partial charge in [-0.15, -0.1) is 12.4 Å². The number of hydrogen-bond acceptors (Lipinski definition) is 5. The lowest BCUT2D eigenvalue weighted by molar-refractivity contribution is -0.115. The molecule has 0 unspecified atom stereocenters. The Labute approximate surface area is 191 Å². The van der Waals surface area contributed by atoms with Gasteiger partial charge in [0.25, 0.3) is 0 Å². The zero-order chi connectivity index (χ0) is 21.2. The molecule has 0 atom stereocenters. The molecule has 1 aliphatic rings. The third-order valence-corrected chi connectivity index (χ3v) is 5.27. The molecule has 0 saturated heterocycles. The van der Waals surface area contributed by atoms with Crippen LogP contribution in [0.25, 0.3) is 10.8 Å². The highest BCUT2D eigenvalue weighted by Crippen LogP contribution is 2.32. The van der Waals surface area contributed by atoms with E-state index in [0.29, 0.717) is 35.8 Å². The van der Waals surface area contributed by atoms with Crippen molar-refractivity contribution < 1.29 is 9.53 Å². The van der Waals surface area contributed by atoms with Gasteiger partial charge < -0.3 is 19.9 Å². The molecule has 7 nitrogen and oxygen atoms in total. The highest BCUT2D eigenvalue weighted by atomic mass is 35.5. The van der Waals surface area contributed by atoms with Gasteiger partial charge in [-0.1, -0.05) is 24.3 Å². The molecule has 0 spiro atoms. The van der Waals surface area contributed by atoms with Gasteiger partial charge in [-0.05, 0) is 41.3 Å². The van der Waals surface area contributed by atoms with Gasteiger partial charge in [0.2, 0.25) is 5.91 Å². The van der Waals surface area contributed by atoms with E-state index in [1.54, 1.807) is 18.6 Å². The minimum atomic E-state index is -0.131. The Morgan fingerprint density at radius 2 is 2.00 bits per heavy atom. The second-order valence-corrected chi connectivity index (χ2v) is 7.40. The Morgan fingerprint density at radius 3 is 2.88 bits per heavy atom. The summed E-state index contributed by atoms with van der Waals surface area (Å²) < 4.78 is 8.13. The van der Waals surface area contributed by atoms with E-state index >= 15 is 0 Å². The molecule has 160 valence electrons. The van der Waals surface area contributed by atoms with Gasteiger partial charge in [0, 0.05) is 30.4 Å². The largest absolute Gasteiger partial charge is 0.456 e. The number of fused-ring (bicyclic) bond motifs is 4. The van der Waals surface area contributed by atoms with Crippen molar-refractivity contribution in [3.05, 3.63) is 83.9 Å². The monoisotopic (exact) mass is 445 g/mol. The Kier molecular flexibility index (Phi) is 6.08. The van der Waals surface area contributed by atoms with E-state index in [-0.39, 0.29) is 24.9 Å². The fourth-order valence-electron chi connectivity index (χ4n) is 3.73. The van der Waals surface area contributed by atoms with Crippen molar-refractivity contribution in [2.75, 3.05) is 11.9 Å². The lowest BCUT2D eigenvalue weighted by Crippen LogP contribution is -2.28. The van der Waals surface area contributed by atoms with Gasteiger partial charge >= 0.3 is 0 Å². The van der Waals surface area contributed by atoms with Crippen LogP contribution in [0.4, 0.5) is 5.69 Å². The number of carbonyl (C=O) groups is 1. The molecule has 2 N–H and O–H groups in total. The first kappa shape index (κ1) is 21.4. The van der Waals surface area contributed by atoms with Gasteiger partial charge in [0.1, 0.15) is 17.6 Å². The molecule has 0 fully saturated rings. The highest BCUT2D eigenvalue weighted by Gasteiger charge is 2.12. The predicted octanol–water partition coefficient (Wildman–Crippen LogP) is 4.21. The van der Waals surface area contributed by atoms with E-state index in [4.69, 9.17) is 4.74 Å². The van der Waals surface area contributed by atoms with Crippen molar-refractivity contribution >= 4 is 34.8 Å². The lowest BCUT2D eigenvalue weighted by atomic mass is 10.1. The molecule has 3 aromatic carbocycles. The Balaban J connectivity index is 0.00000245. The van der Waals surface area contributed by atoms with E-state index in [1.807, 2.05) is 53.1 Å². The SMILES string of the molecule is Cl.N#Cc1ccc2cc1Oc1ccc3cccc(c3c1)NC(=O)CNCc1cncn1C2. The summed E-state index contributed by atoms with van der Waals surface area (Å²) in [5.74, 6) is 0.957. The third-order valence-electron chi connectivity index (χ3n) is 5.27. The second kappa shape index (κ2) is 9.10. The molecular weight excluding hydrogens is 426 g/mol. The van der Waals surface area contributed by atoms with Gasteiger partial charge in [-0.25, -0.2) is 4.98 Å². The number of imidazole rings is 1. The lowest BCUT2D eigenvalue weighted by Gasteiger charge is -2.15. The number of amides is 1. The molecule has 1 aromatic heterocycles. The zero-order valence-corrected chi connectivity index (χ0v) is 17.9. The van der Waals surface area contributed by atoms with Crippen molar-refractivity contribution in [1.82, 2.24) is 14.9 Å². The van der Waals surface area contributed by atoms with Crippen LogP contribution in [0, 0.1) is 11.3 Å². The molecule has 32 heavy (non-hydrogen) atoms. The summed E-state index contributed by atoms with van der Waals surface area (Å²) in [6.45, 7) is 1.26. The topological polar surface area (TPSA) is 92.0 Å². The molecule has 4 aromatic rings. The van der Waals surface area contributed by atoms with E-state index in [2.05, 4.69) is 21.7 Å². The smallest absolute Gasteiger partial charge is 0.238 e. The molecule has 8 heteroatoms. The molecule has 1 amide bonds. The maximum Gasteiger partial charge on any atom is 0.238 e. The van der Waals surface area contributed by atoms with Crippen LogP contribution in [0.15, 0.2) is 67.1 Å². The minimum Gasteiger partial charge on any atom is -0.456 e. The number of aromatic nitrogens is 2. The van der Waals surface area contributed by atoms with Gasteiger partial charge in [0.05, 0.1) is 24.1 Å². The zero-order valence-electron chi connectivity index (χ0n) is 17.0. The minimum absolute atomic E-state index is 0. The standard InChI is InChI=1S/C24H19N5O2.ClH/c25-10-18-5-4-16-8-23(18)31-20-7-6-17-2-1-3-22(21(17)9-20)28-24(30)13-26-11-19-12-27-15-29(19)14-16;/h1-9,12,15,26H,11,13-14H2,(H,28,30);1H. The Morgan fingerprint density at radius 1 is 1.09 bits per heavy atom. The van der Waals surface area contributed by atoms with Crippen molar-refractivity contribution in [2.45, 2.75) is 13.1 Å². The quantitative estimate of drug-likeness (QED) is 0.423. The van der Waals surface area contributed by atoms with Crippen LogP contribution in [-0.2, 0) is 17.9 Å². The van der Waals surface area contributed by atoms with E-state index in [9.17, 15) is 10.1 Å². The molecule has 2 heterocycles. The van der Waals surface area contributed by atoms with E-state index in [0.717, 1.165) is 22.0 Å². The van der Waals surface area contributed by atoms with Gasteiger partial charge in [0.15, 0.2) is 0 Å². The van der Waals surface area contributed by atoms with Crippen LogP contribution in [0.1, 0.15) is 16.8 Å². The van der Waals surface area contributed by atoms with Gasteiger partial charge in [-0.2, -0.15) is 5.26 Å². The number of nitriles is 1. The number of ether oxygens (including phenoxy) is 1. The van der Waals surface area contributed by atoms with Crippen LogP contribution in [-0.4, -0.2) is 22.0 Å². The first-order valence-electron chi connectivity index (χ1n) is 9.93. The van der Waals surface area contributed by atoms with Crippen molar-refractivity contribution in [3.63, 3.8) is 0 Å². The summed E-state index contributed by atoms with van der Waals surface area (Å²) in [5, 5.41) is 17.6. The Bertz CT molecular complexity index is 1340. The number of nitrogens with one attached hydrogen (secondary N) is 2. The van der Waals surface area contributed by atoms with Crippen molar-refractivity contribution in [1.29, 1.82) is 5.26 Å². The summed E-state index contributed by atoms with van der Waals surface area (Å²) in [6, 6.07) is 19.2. The first-order valence-corrected chi connectivity index (χ1v) is 9.93. The van der Waals surface area contributed by atoms with Crippen LogP contribution < -0.4 is 15.4 Å². The summed E-state index contributed by atoms with van der Waals surface area (Å²) in [4.78, 5) is 16.8. The third kappa shape index (κ3) is 4.28. The second-order valence-electron chi connectivity index (χ2n) is 7.40. The summed E-state index contributed by atoms with van der Waals surface area (Å²) in [5.41, 5.74) is 3.11. The number of anilines is 1. The number of rotatable bonds is 0. The maximum atomic E-state index is 12.5. The summed E-state index contributed by atoms with van der Waals surface area (Å²) in [7, 11) is 0. The van der Waals surface area contributed by atoms with Crippen LogP contribution in [0.3, 0.4) is 0 Å². The molecular formula is C24H20ClN5O2. The molecule has 5 rings (SSSR count). The van der Waals surface area contributed by atoms with Crippen LogP contribution >= 0.6 is 12.4 Å². The first-order chi connectivity index (χ1) is 15.2. The van der Waals surface area contributed by atoms with Crippen LogP contribution in [0.5, 0.6) is 11.5 Å². The molecule has 0 aliphatic carbocycles. The van der Waals surface area contributed by atoms with E-state index in [1.165, 1.54) is 0 Å². The Hall–Kier alpha value is -3.86. The normalized spacial score (nSPS) is 13.4. The maximum absolute atomic E-state index is 12.5. The molecule has 4 bridgehead atoms. The molecule has 1 aliphatic heterocycles. The average Bonchev–Trinajstić information content (AvgIpc) is 3.20. The molecule has 0 radical (unpaired) electrons. The predicted molar refractivity (Wildman–Crippen MR) is 124 cm³/mol. The molecule has 0 saturated carbocycles. The summed E-state index contributed by atoms with van der Waals surface area (Å²) in [6.07, 6.45) is 3.53. The number of hydrogen-bond donors (Lipinski definition) is 2. The average molecular weight is 446 g/mol. The van der Waals surface area contributed by atoms with Crippen molar-refractivity contribution in [3.8, 4) is 17.6 Å². The fraction of sp³-hybridized carbons (Fsp3) is 0.125. The number of benzene rings is 3. The highest BCUT2D eigenvalue weighted by molar-refractivity contribution is 6.03. The number of halogens is 1. The summed E-state index contributed by atoms with van der Waals surface area (Å²) >= 11 is 0.